The summed E-state index contributed by atoms with van der Waals surface area (Å²) in [5.41, 5.74) is 1.55. The molecule has 0 aliphatic carbocycles. The van der Waals surface area contributed by atoms with E-state index in [2.05, 4.69) is 9.97 Å². The monoisotopic (exact) mass is 312 g/mol. The van der Waals surface area contributed by atoms with Crippen molar-refractivity contribution in [1.29, 1.82) is 5.26 Å². The summed E-state index contributed by atoms with van der Waals surface area (Å²) in [5, 5.41) is 8.53. The summed E-state index contributed by atoms with van der Waals surface area (Å²) in [6.07, 6.45) is 2.40. The minimum absolute atomic E-state index is 0.228. The Morgan fingerprint density at radius 3 is 2.70 bits per heavy atom. The van der Waals surface area contributed by atoms with Gasteiger partial charge in [0, 0.05) is 26.0 Å². The smallest absolute Gasteiger partial charge is 0.338 e. The number of nitriles is 1. The Morgan fingerprint density at radius 1 is 1.30 bits per heavy atom. The average Bonchev–Trinajstić information content (AvgIpc) is 2.58. The van der Waals surface area contributed by atoms with E-state index in [1.54, 1.807) is 31.4 Å². The highest BCUT2D eigenvalue weighted by molar-refractivity contribution is 5.95. The Hall–Kier alpha value is -3.01. The minimum atomic E-state index is -0.927. The van der Waals surface area contributed by atoms with Crippen LogP contribution in [-0.2, 0) is 9.53 Å². The van der Waals surface area contributed by atoms with Crippen LogP contribution < -0.4 is 0 Å². The summed E-state index contributed by atoms with van der Waals surface area (Å²) >= 11 is 0. The maximum absolute atomic E-state index is 12.1. The van der Waals surface area contributed by atoms with Gasteiger partial charge in [-0.3, -0.25) is 14.8 Å². The van der Waals surface area contributed by atoms with E-state index >= 15 is 0 Å². The number of benzene rings is 1. The Labute approximate surface area is 133 Å². The van der Waals surface area contributed by atoms with Gasteiger partial charge in [-0.05, 0) is 25.1 Å². The molecule has 7 heteroatoms. The van der Waals surface area contributed by atoms with E-state index in [-0.39, 0.29) is 12.3 Å². The number of nitrogens with zero attached hydrogens (tertiary/aromatic N) is 4. The number of rotatable bonds is 5. The van der Waals surface area contributed by atoms with E-state index in [1.807, 2.05) is 6.07 Å². The number of likely N-dealkylation sites (N-methyl/N-ethyl adjacent to an activating group) is 1. The molecule has 2 rings (SSSR count). The SMILES string of the molecule is C[C@H](OC(=O)c1ccc2nccnc2c1)C(=O)N(C)CCC#N. The van der Waals surface area contributed by atoms with Gasteiger partial charge in [-0.25, -0.2) is 4.79 Å². The second-order valence-corrected chi connectivity index (χ2v) is 4.98. The van der Waals surface area contributed by atoms with Gasteiger partial charge in [0.15, 0.2) is 6.10 Å². The first kappa shape index (κ1) is 16.4. The van der Waals surface area contributed by atoms with Crippen molar-refractivity contribution >= 4 is 22.9 Å². The van der Waals surface area contributed by atoms with Crippen molar-refractivity contribution in [2.45, 2.75) is 19.4 Å². The fraction of sp³-hybridized carbons (Fsp3) is 0.312. The number of esters is 1. The summed E-state index contributed by atoms with van der Waals surface area (Å²) in [6.45, 7) is 1.80. The molecule has 1 atom stereocenters. The van der Waals surface area contributed by atoms with Gasteiger partial charge in [0.2, 0.25) is 0 Å². The van der Waals surface area contributed by atoms with Crippen molar-refractivity contribution in [3.63, 3.8) is 0 Å². The maximum Gasteiger partial charge on any atom is 0.338 e. The zero-order chi connectivity index (χ0) is 16.8. The molecule has 0 saturated heterocycles. The van der Waals surface area contributed by atoms with Crippen molar-refractivity contribution in [3.8, 4) is 6.07 Å². The van der Waals surface area contributed by atoms with Crippen LogP contribution in [0.1, 0.15) is 23.7 Å². The summed E-state index contributed by atoms with van der Waals surface area (Å²) in [7, 11) is 1.57. The summed E-state index contributed by atoms with van der Waals surface area (Å²) in [5.74, 6) is -0.957. The summed E-state index contributed by atoms with van der Waals surface area (Å²) < 4.78 is 5.19. The van der Waals surface area contributed by atoms with Gasteiger partial charge >= 0.3 is 5.97 Å². The normalized spacial score (nSPS) is 11.5. The highest BCUT2D eigenvalue weighted by Gasteiger charge is 2.22. The van der Waals surface area contributed by atoms with Crippen LogP contribution in [0.3, 0.4) is 0 Å². The van der Waals surface area contributed by atoms with Crippen LogP contribution >= 0.6 is 0 Å². The second-order valence-electron chi connectivity index (χ2n) is 4.98. The van der Waals surface area contributed by atoms with Crippen molar-refractivity contribution in [3.05, 3.63) is 36.2 Å². The molecule has 1 heterocycles. The number of hydrogen-bond acceptors (Lipinski definition) is 6. The van der Waals surface area contributed by atoms with Crippen LogP contribution in [0.25, 0.3) is 11.0 Å². The largest absolute Gasteiger partial charge is 0.449 e. The Morgan fingerprint density at radius 2 is 2.00 bits per heavy atom. The molecule has 118 valence electrons. The van der Waals surface area contributed by atoms with Crippen molar-refractivity contribution in [1.82, 2.24) is 14.9 Å². The predicted octanol–water partition coefficient (Wildman–Crippen LogP) is 1.55. The van der Waals surface area contributed by atoms with Crippen LogP contribution in [0.15, 0.2) is 30.6 Å². The summed E-state index contributed by atoms with van der Waals surface area (Å²) in [4.78, 5) is 33.8. The van der Waals surface area contributed by atoms with Gasteiger partial charge in [-0.2, -0.15) is 5.26 Å². The second kappa shape index (κ2) is 7.31. The number of amides is 1. The van der Waals surface area contributed by atoms with Gasteiger partial charge in [-0.1, -0.05) is 0 Å². The fourth-order valence-corrected chi connectivity index (χ4v) is 2.01. The summed E-state index contributed by atoms with van der Waals surface area (Å²) in [6, 6.07) is 6.78. The quantitative estimate of drug-likeness (QED) is 0.777. The van der Waals surface area contributed by atoms with E-state index < -0.39 is 12.1 Å². The molecule has 0 saturated carbocycles. The number of ether oxygens (including phenoxy) is 1. The molecule has 7 nitrogen and oxygen atoms in total. The third kappa shape index (κ3) is 4.01. The third-order valence-corrected chi connectivity index (χ3v) is 3.27. The zero-order valence-electron chi connectivity index (χ0n) is 12.9. The Balaban J connectivity index is 2.05. The van der Waals surface area contributed by atoms with Crippen LogP contribution in [-0.4, -0.2) is 46.4 Å². The van der Waals surface area contributed by atoms with E-state index in [4.69, 9.17) is 10.00 Å². The van der Waals surface area contributed by atoms with Crippen LogP contribution in [0.4, 0.5) is 0 Å². The van der Waals surface area contributed by atoms with Crippen LogP contribution in [0.5, 0.6) is 0 Å². The van der Waals surface area contributed by atoms with E-state index in [1.165, 1.54) is 18.0 Å². The van der Waals surface area contributed by atoms with Gasteiger partial charge < -0.3 is 9.64 Å². The number of hydrogen-bond donors (Lipinski definition) is 0. The van der Waals surface area contributed by atoms with E-state index in [0.29, 0.717) is 23.1 Å². The molecule has 23 heavy (non-hydrogen) atoms. The molecular formula is C16H16N4O3. The number of carbonyl (C=O) groups is 2. The van der Waals surface area contributed by atoms with Crippen LogP contribution in [0.2, 0.25) is 0 Å². The number of fused-ring (bicyclic) bond motifs is 1. The first-order chi connectivity index (χ1) is 11.0. The maximum atomic E-state index is 12.1. The molecule has 0 aliphatic heterocycles. The molecule has 2 aromatic rings. The molecule has 0 aliphatic rings. The van der Waals surface area contributed by atoms with Crippen molar-refractivity contribution in [2.75, 3.05) is 13.6 Å². The predicted molar refractivity (Wildman–Crippen MR) is 82.3 cm³/mol. The highest BCUT2D eigenvalue weighted by Crippen LogP contribution is 2.13. The van der Waals surface area contributed by atoms with E-state index in [9.17, 15) is 9.59 Å². The highest BCUT2D eigenvalue weighted by atomic mass is 16.5. The molecule has 1 amide bonds. The van der Waals surface area contributed by atoms with Crippen molar-refractivity contribution < 1.29 is 14.3 Å². The zero-order valence-corrected chi connectivity index (χ0v) is 12.9. The van der Waals surface area contributed by atoms with E-state index in [0.717, 1.165) is 0 Å². The molecule has 1 aromatic carbocycles. The van der Waals surface area contributed by atoms with Gasteiger partial charge in [0.05, 0.1) is 29.1 Å². The van der Waals surface area contributed by atoms with Gasteiger partial charge in [0.1, 0.15) is 0 Å². The number of aromatic nitrogens is 2. The lowest BCUT2D eigenvalue weighted by molar-refractivity contribution is -0.138. The molecule has 0 radical (unpaired) electrons. The lowest BCUT2D eigenvalue weighted by atomic mass is 10.2. The topological polar surface area (TPSA) is 96.2 Å². The fourth-order valence-electron chi connectivity index (χ4n) is 2.01. The lowest BCUT2D eigenvalue weighted by Crippen LogP contribution is -2.37. The molecule has 0 spiro atoms. The average molecular weight is 312 g/mol. The Kier molecular flexibility index (Phi) is 5.20. The van der Waals surface area contributed by atoms with Gasteiger partial charge in [0.25, 0.3) is 5.91 Å². The van der Waals surface area contributed by atoms with Crippen LogP contribution in [0, 0.1) is 11.3 Å². The van der Waals surface area contributed by atoms with Gasteiger partial charge in [-0.15, -0.1) is 0 Å². The van der Waals surface area contributed by atoms with Crippen molar-refractivity contribution in [2.24, 2.45) is 0 Å². The minimum Gasteiger partial charge on any atom is -0.449 e. The standard InChI is InChI=1S/C16H16N4O3/c1-11(15(21)20(2)9-3-6-17)23-16(22)12-4-5-13-14(10-12)19-8-7-18-13/h4-5,7-8,10-11H,3,9H2,1-2H3/t11-/m0/s1. The molecule has 0 N–H and O–H groups in total. The lowest BCUT2D eigenvalue weighted by Gasteiger charge is -2.20. The Bertz CT molecular complexity index is 769. The number of carbonyl (C=O) groups excluding carboxylic acids is 2. The molecule has 0 unspecified atom stereocenters. The first-order valence-electron chi connectivity index (χ1n) is 7.06. The molecular weight excluding hydrogens is 296 g/mol. The first-order valence-corrected chi connectivity index (χ1v) is 7.06. The third-order valence-electron chi connectivity index (χ3n) is 3.27. The molecule has 0 fully saturated rings. The molecule has 0 bridgehead atoms. The molecule has 1 aromatic heterocycles.